The molecule has 0 spiro atoms. The van der Waals surface area contributed by atoms with Crippen LogP contribution in [0.3, 0.4) is 0 Å². The lowest BCUT2D eigenvalue weighted by molar-refractivity contribution is -0.197. The number of esters is 1. The summed E-state index contributed by atoms with van der Waals surface area (Å²) in [5, 5.41) is 0.617. The Kier molecular flexibility index (Phi) is 13.9. The molecule has 0 atom stereocenters. The monoisotopic (exact) mass is 453 g/mol. The first-order valence-corrected chi connectivity index (χ1v) is 12.5. The van der Waals surface area contributed by atoms with Crippen molar-refractivity contribution in [2.75, 3.05) is 0 Å². The highest BCUT2D eigenvalue weighted by Gasteiger charge is 2.32. The number of carbonyl (C=O) groups excluding carboxylic acids is 4. The van der Waals surface area contributed by atoms with Gasteiger partial charge in [-0.1, -0.05) is 70.6 Å². The number of hydroxylamine groups is 2. The molecule has 7 nitrogen and oxygen atoms in total. The highest BCUT2D eigenvalue weighted by atomic mass is 16.7. The van der Waals surface area contributed by atoms with Gasteiger partial charge in [-0.05, 0) is 33.6 Å². The molecule has 0 radical (unpaired) electrons. The van der Waals surface area contributed by atoms with Crippen LogP contribution in [-0.2, 0) is 28.8 Å². The second-order valence-electron chi connectivity index (χ2n) is 9.73. The first-order chi connectivity index (χ1) is 15.2. The molecule has 0 aromatic rings. The molecule has 0 N–H and O–H groups in total. The van der Waals surface area contributed by atoms with Crippen LogP contribution >= 0.6 is 0 Å². The number of hydrogen-bond donors (Lipinski definition) is 0. The number of carbonyl (C=O) groups is 4. The Bertz CT molecular complexity index is 580. The van der Waals surface area contributed by atoms with Crippen molar-refractivity contribution >= 4 is 23.8 Å². The van der Waals surface area contributed by atoms with E-state index in [1.165, 1.54) is 51.4 Å². The molecular formula is C25H43NO6. The second-order valence-corrected chi connectivity index (χ2v) is 9.73. The number of rotatable bonds is 17. The maximum Gasteiger partial charge on any atom is 0.333 e. The highest BCUT2D eigenvalue weighted by Crippen LogP contribution is 2.16. The predicted molar refractivity (Wildman–Crippen MR) is 122 cm³/mol. The summed E-state index contributed by atoms with van der Waals surface area (Å²) in [4.78, 5) is 51.0. The minimum Gasteiger partial charge on any atom is -0.460 e. The van der Waals surface area contributed by atoms with Crippen LogP contribution in [0.5, 0.6) is 0 Å². The highest BCUT2D eigenvalue weighted by molar-refractivity contribution is 6.01. The van der Waals surface area contributed by atoms with Crippen molar-refractivity contribution in [1.29, 1.82) is 0 Å². The van der Waals surface area contributed by atoms with Gasteiger partial charge in [0.25, 0.3) is 11.8 Å². The van der Waals surface area contributed by atoms with Gasteiger partial charge in [0, 0.05) is 25.7 Å². The molecule has 1 rings (SSSR count). The third-order valence-corrected chi connectivity index (χ3v) is 5.38. The zero-order valence-electron chi connectivity index (χ0n) is 20.4. The molecule has 1 aliphatic rings. The van der Waals surface area contributed by atoms with E-state index in [1.807, 2.05) is 20.8 Å². The average Bonchev–Trinajstić information content (AvgIpc) is 3.01. The number of amides is 2. The summed E-state index contributed by atoms with van der Waals surface area (Å²) in [5.74, 6) is -1.45. The topological polar surface area (TPSA) is 90.0 Å². The van der Waals surface area contributed by atoms with Gasteiger partial charge in [0.15, 0.2) is 0 Å². The summed E-state index contributed by atoms with van der Waals surface area (Å²) in [6.07, 6.45) is 15.7. The third kappa shape index (κ3) is 14.2. The minimum atomic E-state index is -0.501. The molecule has 2 amide bonds. The molecule has 7 heteroatoms. The summed E-state index contributed by atoms with van der Waals surface area (Å²) in [6.45, 7) is 5.70. The van der Waals surface area contributed by atoms with Crippen LogP contribution in [0.25, 0.3) is 0 Å². The molecule has 0 unspecified atom stereocenters. The fourth-order valence-corrected chi connectivity index (χ4v) is 3.68. The predicted octanol–water partition coefficient (Wildman–Crippen LogP) is 5.79. The lowest BCUT2D eigenvalue weighted by Crippen LogP contribution is -2.31. The Morgan fingerprint density at radius 1 is 0.656 bits per heavy atom. The Hall–Kier alpha value is -1.92. The second kappa shape index (κ2) is 15.8. The normalized spacial score (nSPS) is 14.2. The zero-order chi connectivity index (χ0) is 23.8. The molecule has 1 aliphatic heterocycles. The van der Waals surface area contributed by atoms with Crippen molar-refractivity contribution in [1.82, 2.24) is 5.06 Å². The van der Waals surface area contributed by atoms with E-state index in [9.17, 15) is 19.2 Å². The van der Waals surface area contributed by atoms with Crippen LogP contribution in [0.2, 0.25) is 0 Å². The lowest BCUT2D eigenvalue weighted by Gasteiger charge is -2.19. The van der Waals surface area contributed by atoms with Crippen molar-refractivity contribution in [2.24, 2.45) is 0 Å². The van der Waals surface area contributed by atoms with Crippen LogP contribution in [0, 0.1) is 0 Å². The van der Waals surface area contributed by atoms with Gasteiger partial charge in [-0.25, -0.2) is 4.79 Å². The van der Waals surface area contributed by atoms with E-state index in [2.05, 4.69) is 0 Å². The summed E-state index contributed by atoms with van der Waals surface area (Å²) >= 11 is 0. The molecule has 0 bridgehead atoms. The number of hydrogen-bond acceptors (Lipinski definition) is 6. The van der Waals surface area contributed by atoms with Crippen molar-refractivity contribution < 1.29 is 28.8 Å². The average molecular weight is 454 g/mol. The van der Waals surface area contributed by atoms with E-state index in [1.54, 1.807) is 0 Å². The number of ether oxygens (including phenoxy) is 1. The van der Waals surface area contributed by atoms with Crippen LogP contribution in [0.4, 0.5) is 0 Å². The molecule has 184 valence electrons. The minimum absolute atomic E-state index is 0.0903. The van der Waals surface area contributed by atoms with E-state index in [0.717, 1.165) is 32.1 Å². The van der Waals surface area contributed by atoms with Gasteiger partial charge < -0.3 is 9.57 Å². The van der Waals surface area contributed by atoms with E-state index >= 15 is 0 Å². The van der Waals surface area contributed by atoms with E-state index < -0.39 is 17.8 Å². The maximum atomic E-state index is 11.7. The standard InChI is InChI=1S/C25H43NO6/c1-25(2,3)31-23(29)17-15-13-11-9-7-5-4-6-8-10-12-14-16-18-24(30)32-26-21(27)19-20-22(26)28/h4-20H2,1-3H3. The Morgan fingerprint density at radius 2 is 1.00 bits per heavy atom. The van der Waals surface area contributed by atoms with Crippen LogP contribution in [-0.4, -0.2) is 34.4 Å². The lowest BCUT2D eigenvalue weighted by atomic mass is 10.0. The van der Waals surface area contributed by atoms with Gasteiger partial charge in [0.05, 0.1) is 0 Å². The van der Waals surface area contributed by atoms with Crippen molar-refractivity contribution in [2.45, 2.75) is 136 Å². The van der Waals surface area contributed by atoms with Crippen LogP contribution in [0.15, 0.2) is 0 Å². The number of unbranched alkanes of at least 4 members (excludes halogenated alkanes) is 12. The summed E-state index contributed by atoms with van der Waals surface area (Å²) in [6, 6.07) is 0. The largest absolute Gasteiger partial charge is 0.460 e. The number of imide groups is 1. The summed E-state index contributed by atoms with van der Waals surface area (Å²) in [7, 11) is 0. The Morgan fingerprint density at radius 3 is 1.38 bits per heavy atom. The SMILES string of the molecule is CC(C)(C)OC(=O)CCCCCCCCCCCCCCCC(=O)ON1C(=O)CCC1=O. The molecular weight excluding hydrogens is 410 g/mol. The molecule has 1 heterocycles. The zero-order valence-corrected chi connectivity index (χ0v) is 20.4. The third-order valence-electron chi connectivity index (χ3n) is 5.38. The maximum absolute atomic E-state index is 11.7. The molecule has 1 saturated heterocycles. The van der Waals surface area contributed by atoms with Crippen LogP contribution in [0.1, 0.15) is 130 Å². The fourth-order valence-electron chi connectivity index (χ4n) is 3.68. The van der Waals surface area contributed by atoms with Crippen molar-refractivity contribution in [3.05, 3.63) is 0 Å². The Balaban J connectivity index is 1.81. The van der Waals surface area contributed by atoms with E-state index in [4.69, 9.17) is 9.57 Å². The first-order valence-electron chi connectivity index (χ1n) is 12.5. The van der Waals surface area contributed by atoms with Gasteiger partial charge >= 0.3 is 11.9 Å². The molecule has 0 aliphatic carbocycles. The van der Waals surface area contributed by atoms with Crippen molar-refractivity contribution in [3.63, 3.8) is 0 Å². The summed E-state index contributed by atoms with van der Waals surface area (Å²) < 4.78 is 5.31. The van der Waals surface area contributed by atoms with Gasteiger partial charge in [-0.15, -0.1) is 5.06 Å². The van der Waals surface area contributed by atoms with Crippen molar-refractivity contribution in [3.8, 4) is 0 Å². The molecule has 1 fully saturated rings. The van der Waals surface area contributed by atoms with Gasteiger partial charge in [-0.2, -0.15) is 0 Å². The number of nitrogens with zero attached hydrogens (tertiary/aromatic N) is 1. The van der Waals surface area contributed by atoms with Gasteiger partial charge in [-0.3, -0.25) is 14.4 Å². The Labute approximate surface area is 193 Å². The molecule has 0 saturated carbocycles. The van der Waals surface area contributed by atoms with Gasteiger partial charge in [0.1, 0.15) is 5.60 Å². The van der Waals surface area contributed by atoms with E-state index in [0.29, 0.717) is 11.5 Å². The smallest absolute Gasteiger partial charge is 0.333 e. The molecule has 0 aromatic carbocycles. The van der Waals surface area contributed by atoms with E-state index in [-0.39, 0.29) is 30.8 Å². The molecule has 0 aromatic heterocycles. The fraction of sp³-hybridized carbons (Fsp3) is 0.840. The quantitative estimate of drug-likeness (QED) is 0.157. The summed E-state index contributed by atoms with van der Waals surface area (Å²) in [5.41, 5.74) is -0.385. The first kappa shape index (κ1) is 28.1. The molecule has 32 heavy (non-hydrogen) atoms. The van der Waals surface area contributed by atoms with Gasteiger partial charge in [0.2, 0.25) is 0 Å². The van der Waals surface area contributed by atoms with Crippen LogP contribution < -0.4 is 0 Å².